The van der Waals surface area contributed by atoms with E-state index in [2.05, 4.69) is 26.9 Å². The number of hydrogen-bond acceptors (Lipinski definition) is 6. The molecule has 4 rings (SSSR count). The lowest BCUT2D eigenvalue weighted by molar-refractivity contribution is 0.102. The third-order valence-corrected chi connectivity index (χ3v) is 5.44. The summed E-state index contributed by atoms with van der Waals surface area (Å²) < 4.78 is 1.49. The van der Waals surface area contributed by atoms with Gasteiger partial charge in [0.15, 0.2) is 0 Å². The molecule has 0 unspecified atom stereocenters. The smallest absolute Gasteiger partial charge is 0.256 e. The first-order valence-corrected chi connectivity index (χ1v) is 8.77. The van der Waals surface area contributed by atoms with Crippen LogP contribution in [0.3, 0.4) is 0 Å². The Labute approximate surface area is 147 Å². The van der Waals surface area contributed by atoms with E-state index >= 15 is 0 Å². The summed E-state index contributed by atoms with van der Waals surface area (Å²) in [5.41, 5.74) is 2.91. The molecular formula is C17H14N6OS. The number of thiophene rings is 1. The van der Waals surface area contributed by atoms with Crippen LogP contribution in [-0.4, -0.2) is 26.1 Å². The Morgan fingerprint density at radius 2 is 2.20 bits per heavy atom. The van der Waals surface area contributed by atoms with E-state index in [4.69, 9.17) is 0 Å². The maximum absolute atomic E-state index is 12.6. The summed E-state index contributed by atoms with van der Waals surface area (Å²) in [7, 11) is 0. The van der Waals surface area contributed by atoms with Gasteiger partial charge in [-0.15, -0.1) is 16.4 Å². The molecule has 8 heteroatoms. The van der Waals surface area contributed by atoms with E-state index in [1.807, 2.05) is 6.07 Å². The zero-order valence-electron chi connectivity index (χ0n) is 13.3. The topological polar surface area (TPSA) is 96.5 Å². The molecule has 0 fully saturated rings. The molecule has 124 valence electrons. The largest absolute Gasteiger partial charge is 0.312 e. The van der Waals surface area contributed by atoms with Gasteiger partial charge in [0, 0.05) is 10.4 Å². The zero-order valence-corrected chi connectivity index (χ0v) is 14.1. The van der Waals surface area contributed by atoms with E-state index in [0.717, 1.165) is 31.2 Å². The van der Waals surface area contributed by atoms with E-state index in [-0.39, 0.29) is 5.91 Å². The maximum Gasteiger partial charge on any atom is 0.256 e. The van der Waals surface area contributed by atoms with Gasteiger partial charge >= 0.3 is 0 Å². The highest BCUT2D eigenvalue weighted by atomic mass is 32.1. The van der Waals surface area contributed by atoms with Crippen LogP contribution in [0.25, 0.3) is 5.69 Å². The summed E-state index contributed by atoms with van der Waals surface area (Å²) in [6, 6.07) is 9.29. The monoisotopic (exact) mass is 350 g/mol. The average Bonchev–Trinajstić information content (AvgIpc) is 3.29. The van der Waals surface area contributed by atoms with Gasteiger partial charge in [-0.2, -0.15) is 5.26 Å². The van der Waals surface area contributed by atoms with Gasteiger partial charge in [0.2, 0.25) is 0 Å². The Morgan fingerprint density at radius 1 is 1.32 bits per heavy atom. The van der Waals surface area contributed by atoms with Crippen molar-refractivity contribution in [2.75, 3.05) is 5.32 Å². The fraction of sp³-hybridized carbons (Fsp3) is 0.235. The van der Waals surface area contributed by atoms with Gasteiger partial charge in [-0.05, 0) is 59.9 Å². The Hall–Kier alpha value is -3.05. The van der Waals surface area contributed by atoms with Crippen molar-refractivity contribution in [1.29, 1.82) is 5.26 Å². The molecule has 7 nitrogen and oxygen atoms in total. The number of rotatable bonds is 3. The van der Waals surface area contributed by atoms with Crippen LogP contribution in [0.2, 0.25) is 0 Å². The van der Waals surface area contributed by atoms with Gasteiger partial charge in [0.05, 0.1) is 11.3 Å². The first-order chi connectivity index (χ1) is 12.3. The predicted molar refractivity (Wildman–Crippen MR) is 92.8 cm³/mol. The number of nitriles is 1. The SMILES string of the molecule is N#Cc1c(NC(=O)c2cccc(-n3cnnn3)c2)sc2c1CCCC2. The molecule has 0 spiro atoms. The molecule has 0 saturated carbocycles. The van der Waals surface area contributed by atoms with E-state index in [0.29, 0.717) is 21.8 Å². The molecule has 2 aromatic heterocycles. The van der Waals surface area contributed by atoms with E-state index in [1.54, 1.807) is 18.2 Å². The second-order valence-corrected chi connectivity index (χ2v) is 6.89. The second-order valence-electron chi connectivity index (χ2n) is 5.79. The number of nitrogens with zero attached hydrogens (tertiary/aromatic N) is 5. The predicted octanol–water partition coefficient (Wildman–Crippen LogP) is 2.73. The van der Waals surface area contributed by atoms with Crippen LogP contribution in [0.5, 0.6) is 0 Å². The Balaban J connectivity index is 1.62. The number of tetrazole rings is 1. The van der Waals surface area contributed by atoms with Crippen LogP contribution < -0.4 is 5.32 Å². The van der Waals surface area contributed by atoms with Crippen molar-refractivity contribution in [2.45, 2.75) is 25.7 Å². The van der Waals surface area contributed by atoms with Crippen LogP contribution in [0.1, 0.15) is 39.2 Å². The molecule has 1 N–H and O–H groups in total. The fourth-order valence-electron chi connectivity index (χ4n) is 3.02. The van der Waals surface area contributed by atoms with Crippen LogP contribution in [-0.2, 0) is 12.8 Å². The Kier molecular flexibility index (Phi) is 3.99. The van der Waals surface area contributed by atoms with Crippen molar-refractivity contribution in [3.05, 3.63) is 52.2 Å². The number of aryl methyl sites for hydroxylation is 1. The summed E-state index contributed by atoms with van der Waals surface area (Å²) >= 11 is 1.52. The summed E-state index contributed by atoms with van der Waals surface area (Å²) in [5, 5.41) is 24.1. The van der Waals surface area contributed by atoms with Crippen molar-refractivity contribution in [3.8, 4) is 11.8 Å². The lowest BCUT2D eigenvalue weighted by atomic mass is 9.96. The normalized spacial score (nSPS) is 13.1. The summed E-state index contributed by atoms with van der Waals surface area (Å²) in [5.74, 6) is -0.245. The highest BCUT2D eigenvalue weighted by Gasteiger charge is 2.22. The van der Waals surface area contributed by atoms with Crippen molar-refractivity contribution in [3.63, 3.8) is 0 Å². The van der Waals surface area contributed by atoms with Crippen LogP contribution in [0.15, 0.2) is 30.6 Å². The fourth-order valence-corrected chi connectivity index (χ4v) is 4.25. The Morgan fingerprint density at radius 3 is 3.00 bits per heavy atom. The molecule has 0 aliphatic heterocycles. The van der Waals surface area contributed by atoms with E-state index in [1.165, 1.54) is 27.2 Å². The second kappa shape index (κ2) is 6.45. The summed E-state index contributed by atoms with van der Waals surface area (Å²) in [4.78, 5) is 13.9. The minimum absolute atomic E-state index is 0.245. The lowest BCUT2D eigenvalue weighted by Gasteiger charge is -2.09. The average molecular weight is 350 g/mol. The van der Waals surface area contributed by atoms with Gasteiger partial charge in [0.25, 0.3) is 5.91 Å². The number of amides is 1. The van der Waals surface area contributed by atoms with Crippen molar-refractivity contribution < 1.29 is 4.79 Å². The molecule has 25 heavy (non-hydrogen) atoms. The van der Waals surface area contributed by atoms with Gasteiger partial charge in [0.1, 0.15) is 17.4 Å². The lowest BCUT2D eigenvalue weighted by Crippen LogP contribution is -2.12. The molecule has 0 atom stereocenters. The molecule has 1 aromatic carbocycles. The van der Waals surface area contributed by atoms with Crippen LogP contribution in [0.4, 0.5) is 5.00 Å². The summed E-state index contributed by atoms with van der Waals surface area (Å²) in [6.45, 7) is 0. The number of carbonyl (C=O) groups excluding carboxylic acids is 1. The molecule has 1 aliphatic carbocycles. The van der Waals surface area contributed by atoms with Gasteiger partial charge in [-0.1, -0.05) is 6.07 Å². The highest BCUT2D eigenvalue weighted by molar-refractivity contribution is 7.16. The molecule has 0 saturated heterocycles. The minimum atomic E-state index is -0.245. The van der Waals surface area contributed by atoms with Crippen LogP contribution in [0, 0.1) is 11.3 Å². The quantitative estimate of drug-likeness (QED) is 0.783. The molecule has 1 amide bonds. The summed E-state index contributed by atoms with van der Waals surface area (Å²) in [6.07, 6.45) is 5.61. The number of aromatic nitrogens is 4. The van der Waals surface area contributed by atoms with Crippen molar-refractivity contribution in [1.82, 2.24) is 20.2 Å². The first kappa shape index (κ1) is 15.5. The maximum atomic E-state index is 12.6. The molecule has 0 bridgehead atoms. The van der Waals surface area contributed by atoms with Crippen LogP contribution >= 0.6 is 11.3 Å². The number of anilines is 1. The third kappa shape index (κ3) is 2.90. The molecule has 2 heterocycles. The first-order valence-electron chi connectivity index (χ1n) is 7.95. The Bertz CT molecular complexity index is 970. The molecule has 3 aromatic rings. The number of carbonyl (C=O) groups is 1. The van der Waals surface area contributed by atoms with Crippen molar-refractivity contribution in [2.24, 2.45) is 0 Å². The van der Waals surface area contributed by atoms with E-state index < -0.39 is 0 Å². The number of nitrogens with one attached hydrogen (secondary N) is 1. The third-order valence-electron chi connectivity index (χ3n) is 4.23. The van der Waals surface area contributed by atoms with Gasteiger partial charge in [-0.25, -0.2) is 4.68 Å². The van der Waals surface area contributed by atoms with Gasteiger partial charge in [-0.3, -0.25) is 4.79 Å². The number of hydrogen-bond donors (Lipinski definition) is 1. The van der Waals surface area contributed by atoms with Crippen molar-refractivity contribution >= 4 is 22.2 Å². The van der Waals surface area contributed by atoms with E-state index in [9.17, 15) is 10.1 Å². The van der Waals surface area contributed by atoms with Gasteiger partial charge < -0.3 is 5.32 Å². The highest BCUT2D eigenvalue weighted by Crippen LogP contribution is 2.37. The molecule has 0 radical (unpaired) electrons. The minimum Gasteiger partial charge on any atom is -0.312 e. The number of fused-ring (bicyclic) bond motifs is 1. The standard InChI is InChI=1S/C17H14N6OS/c18-9-14-13-6-1-2-7-15(13)25-17(14)20-16(24)11-4-3-5-12(8-11)23-10-19-21-22-23/h3-5,8,10H,1-2,6-7H2,(H,20,24). The molecule has 1 aliphatic rings. The zero-order chi connectivity index (χ0) is 17.2. The molecular weight excluding hydrogens is 336 g/mol. The number of benzene rings is 1.